The zero-order chi connectivity index (χ0) is 13.6. The topological polar surface area (TPSA) is 15.9 Å². The highest BCUT2D eigenvalue weighted by atomic mass is 32.1. The van der Waals surface area contributed by atoms with Gasteiger partial charge in [-0.1, -0.05) is 0 Å². The average molecular weight is 268 g/mol. The normalized spacial score (nSPS) is 11.2. The van der Waals surface area contributed by atoms with E-state index >= 15 is 0 Å². The first kappa shape index (κ1) is 12.3. The summed E-state index contributed by atoms with van der Waals surface area (Å²) in [6.07, 6.45) is 0. The van der Waals surface area contributed by atoms with Crippen molar-refractivity contribution in [3.63, 3.8) is 0 Å². The fourth-order valence-electron chi connectivity index (χ4n) is 2.09. The molecule has 3 rings (SSSR count). The van der Waals surface area contributed by atoms with Gasteiger partial charge in [0.15, 0.2) is 0 Å². The van der Waals surface area contributed by atoms with Gasteiger partial charge in [0.2, 0.25) is 5.36 Å². The first-order valence-corrected chi connectivity index (χ1v) is 7.04. The highest BCUT2D eigenvalue weighted by molar-refractivity contribution is 7.21. The molecular formula is C16H16N2S+. The summed E-state index contributed by atoms with van der Waals surface area (Å²) < 4.78 is 3.30. The van der Waals surface area contributed by atoms with Gasteiger partial charge in [0.05, 0.1) is 20.8 Å². The molecule has 0 amide bonds. The van der Waals surface area contributed by atoms with Crippen LogP contribution in [-0.4, -0.2) is 19.1 Å². The fraction of sp³-hybridized carbons (Fsp3) is 0.188. The number of fused-ring (bicyclic) bond motifs is 2. The third-order valence-electron chi connectivity index (χ3n) is 3.34. The van der Waals surface area contributed by atoms with Crippen molar-refractivity contribution < 1.29 is 0 Å². The Morgan fingerprint density at radius 3 is 2.68 bits per heavy atom. The number of aromatic nitrogens is 1. The first-order chi connectivity index (χ1) is 9.04. The van der Waals surface area contributed by atoms with Gasteiger partial charge >= 0.3 is 0 Å². The molecule has 0 aromatic heterocycles. The Morgan fingerprint density at radius 2 is 1.95 bits per heavy atom. The second-order valence-corrected chi connectivity index (χ2v) is 6.09. The molecule has 0 unspecified atom stereocenters. The van der Waals surface area contributed by atoms with E-state index in [1.807, 2.05) is 0 Å². The van der Waals surface area contributed by atoms with Crippen LogP contribution >= 0.6 is 11.3 Å². The Morgan fingerprint density at radius 1 is 1.16 bits per heavy atom. The van der Waals surface area contributed by atoms with E-state index in [0.717, 1.165) is 16.8 Å². The lowest BCUT2D eigenvalue weighted by molar-refractivity contribution is 0.814. The van der Waals surface area contributed by atoms with Crippen LogP contribution in [0.3, 0.4) is 0 Å². The van der Waals surface area contributed by atoms with E-state index in [0.29, 0.717) is 0 Å². The van der Waals surface area contributed by atoms with Gasteiger partial charge in [0.25, 0.3) is 0 Å². The van der Waals surface area contributed by atoms with Crippen LogP contribution < -0.4 is 9.93 Å². The Bertz CT molecular complexity index is 811. The van der Waals surface area contributed by atoms with Crippen LogP contribution in [-0.2, 0) is 0 Å². The van der Waals surface area contributed by atoms with Crippen LogP contribution in [0.2, 0.25) is 0 Å². The number of rotatable bonds is 0. The molecule has 0 fully saturated rings. The molecule has 0 N–H and O–H groups in total. The smallest absolute Gasteiger partial charge is 0.201 e. The van der Waals surface area contributed by atoms with Crippen molar-refractivity contribution in [1.29, 1.82) is 0 Å². The standard InChI is InChI=1S/C16H16N2S/c1-10-7-14-15(8-11(10)2)19-16-9-12(18(3)4)5-6-13(16)17-14/h5-9H,2H2,1,3-4H3/q+1. The molecule has 2 aliphatic rings. The molecule has 0 spiro atoms. The van der Waals surface area contributed by atoms with Gasteiger partial charge in [-0.25, -0.2) is 9.56 Å². The van der Waals surface area contributed by atoms with Crippen molar-refractivity contribution in [2.24, 2.45) is 0 Å². The number of hydrogen-bond acceptors (Lipinski definition) is 2. The molecule has 19 heavy (non-hydrogen) atoms. The first-order valence-electron chi connectivity index (χ1n) is 6.22. The third kappa shape index (κ3) is 2.15. The van der Waals surface area contributed by atoms with Gasteiger partial charge in [-0.15, -0.1) is 11.3 Å². The second kappa shape index (κ2) is 4.42. The average Bonchev–Trinajstić information content (AvgIpc) is 2.37. The summed E-state index contributed by atoms with van der Waals surface area (Å²) in [6, 6.07) is 10.6. The minimum Gasteiger partial charge on any atom is -0.246 e. The SMILES string of the molecule is [CH2]c1cc2sc3cc(=[N+](C)C)ccc-3nc2cc1C. The Balaban J connectivity index is 2.40. The van der Waals surface area contributed by atoms with Gasteiger partial charge in [-0.3, -0.25) is 0 Å². The highest BCUT2D eigenvalue weighted by Gasteiger charge is 2.09. The molecule has 1 aromatic carbocycles. The van der Waals surface area contributed by atoms with Crippen molar-refractivity contribution in [1.82, 2.24) is 9.56 Å². The van der Waals surface area contributed by atoms with Gasteiger partial charge in [-0.05, 0) is 43.2 Å². The van der Waals surface area contributed by atoms with Crippen LogP contribution in [0.15, 0.2) is 30.3 Å². The molecule has 0 saturated carbocycles. The fourth-order valence-corrected chi connectivity index (χ4v) is 3.13. The Kier molecular flexibility index (Phi) is 2.86. The van der Waals surface area contributed by atoms with Crippen molar-refractivity contribution in [2.45, 2.75) is 6.92 Å². The maximum absolute atomic E-state index is 4.74. The third-order valence-corrected chi connectivity index (χ3v) is 4.43. The summed E-state index contributed by atoms with van der Waals surface area (Å²) in [5, 5.41) is 1.20. The number of hydrogen-bond donors (Lipinski definition) is 0. The molecule has 95 valence electrons. The molecule has 3 heteroatoms. The minimum absolute atomic E-state index is 1.05. The molecule has 1 heterocycles. The summed E-state index contributed by atoms with van der Waals surface area (Å²) in [5.41, 5.74) is 4.38. The predicted octanol–water partition coefficient (Wildman–Crippen LogP) is 2.92. The van der Waals surface area contributed by atoms with Crippen LogP contribution in [0.1, 0.15) is 11.1 Å². The lowest BCUT2D eigenvalue weighted by Gasteiger charge is -2.07. The van der Waals surface area contributed by atoms with E-state index in [2.05, 4.69) is 62.9 Å². The van der Waals surface area contributed by atoms with E-state index in [1.165, 1.54) is 20.5 Å². The lowest BCUT2D eigenvalue weighted by Crippen LogP contribution is -2.21. The molecule has 2 nitrogen and oxygen atoms in total. The Labute approximate surface area is 117 Å². The monoisotopic (exact) mass is 268 g/mol. The van der Waals surface area contributed by atoms with Gasteiger partial charge in [0, 0.05) is 12.1 Å². The van der Waals surface area contributed by atoms with Crippen LogP contribution in [0, 0.1) is 13.8 Å². The van der Waals surface area contributed by atoms with Crippen LogP contribution in [0.4, 0.5) is 0 Å². The predicted molar refractivity (Wildman–Crippen MR) is 82.6 cm³/mol. The molecule has 1 radical (unpaired) electrons. The summed E-state index contributed by atoms with van der Waals surface area (Å²) in [7, 11) is 4.11. The molecule has 0 saturated heterocycles. The zero-order valence-corrected chi connectivity index (χ0v) is 12.2. The zero-order valence-electron chi connectivity index (χ0n) is 11.4. The molecule has 1 aliphatic heterocycles. The largest absolute Gasteiger partial charge is 0.246 e. The molecule has 1 aromatic rings. The van der Waals surface area contributed by atoms with E-state index in [-0.39, 0.29) is 0 Å². The molecule has 0 bridgehead atoms. The summed E-state index contributed by atoms with van der Waals surface area (Å²) in [4.78, 5) is 5.95. The maximum atomic E-state index is 4.74. The maximum Gasteiger partial charge on any atom is 0.201 e. The van der Waals surface area contributed by atoms with Crippen molar-refractivity contribution >= 4 is 21.6 Å². The van der Waals surface area contributed by atoms with E-state index in [4.69, 9.17) is 4.98 Å². The van der Waals surface area contributed by atoms with Gasteiger partial charge < -0.3 is 0 Å². The number of nitrogens with zero attached hydrogens (tertiary/aromatic N) is 2. The minimum atomic E-state index is 1.05. The van der Waals surface area contributed by atoms with E-state index < -0.39 is 0 Å². The van der Waals surface area contributed by atoms with Crippen LogP contribution in [0.5, 0.6) is 0 Å². The lowest BCUT2D eigenvalue weighted by atomic mass is 10.1. The van der Waals surface area contributed by atoms with Gasteiger partial charge in [-0.2, -0.15) is 0 Å². The van der Waals surface area contributed by atoms with Crippen molar-refractivity contribution in [3.8, 4) is 10.6 Å². The molecule has 1 aliphatic carbocycles. The van der Waals surface area contributed by atoms with Gasteiger partial charge in [0.1, 0.15) is 14.1 Å². The number of aryl methyl sites for hydroxylation is 1. The van der Waals surface area contributed by atoms with Crippen molar-refractivity contribution in [2.75, 3.05) is 14.1 Å². The van der Waals surface area contributed by atoms with Crippen molar-refractivity contribution in [3.05, 3.63) is 53.7 Å². The molecular weight excluding hydrogens is 252 g/mol. The second-order valence-electron chi connectivity index (χ2n) is 5.01. The Hall–Kier alpha value is -1.74. The van der Waals surface area contributed by atoms with E-state index in [1.54, 1.807) is 11.3 Å². The van der Waals surface area contributed by atoms with E-state index in [9.17, 15) is 0 Å². The summed E-state index contributed by atoms with van der Waals surface area (Å²) in [6.45, 7) is 6.14. The van der Waals surface area contributed by atoms with Crippen LogP contribution in [0.25, 0.3) is 20.8 Å². The summed E-state index contributed by atoms with van der Waals surface area (Å²) in [5.74, 6) is 0. The summed E-state index contributed by atoms with van der Waals surface area (Å²) >= 11 is 1.78. The highest BCUT2D eigenvalue weighted by Crippen LogP contribution is 2.30. The molecule has 0 atom stereocenters. The number of benzene rings is 2. The quantitative estimate of drug-likeness (QED) is 0.452.